The Morgan fingerprint density at radius 2 is 1.77 bits per heavy atom. The van der Waals surface area contributed by atoms with Crippen molar-refractivity contribution in [3.63, 3.8) is 0 Å². The summed E-state index contributed by atoms with van der Waals surface area (Å²) in [7, 11) is 2.08. The summed E-state index contributed by atoms with van der Waals surface area (Å²) in [5, 5.41) is 13.7. The lowest BCUT2D eigenvalue weighted by atomic mass is 9.52. The van der Waals surface area contributed by atoms with E-state index in [4.69, 9.17) is 0 Å². The molecule has 3 unspecified atom stereocenters. The first kappa shape index (κ1) is 8.25. The molecule has 4 saturated carbocycles. The summed E-state index contributed by atoms with van der Waals surface area (Å²) in [6, 6.07) is 0.705. The molecule has 0 amide bonds. The van der Waals surface area contributed by atoms with Gasteiger partial charge in [0.2, 0.25) is 0 Å². The Bertz CT molecular complexity index is 212. The fourth-order valence-corrected chi connectivity index (χ4v) is 4.45. The normalized spacial score (nSPS) is 58.6. The van der Waals surface area contributed by atoms with Crippen LogP contribution in [0.2, 0.25) is 0 Å². The van der Waals surface area contributed by atoms with Gasteiger partial charge in [0.05, 0.1) is 5.60 Å². The minimum Gasteiger partial charge on any atom is -0.390 e. The number of nitrogens with one attached hydrogen (secondary N) is 1. The molecule has 4 rings (SSSR count). The highest BCUT2D eigenvalue weighted by atomic mass is 16.3. The Kier molecular flexibility index (Phi) is 1.58. The highest BCUT2D eigenvalue weighted by Crippen LogP contribution is 2.55. The Morgan fingerprint density at radius 3 is 2.23 bits per heavy atom. The third-order valence-electron chi connectivity index (χ3n) is 4.57. The third-order valence-corrected chi connectivity index (χ3v) is 4.57. The molecule has 0 aromatic rings. The minimum absolute atomic E-state index is 0.260. The molecule has 2 N–H and O–H groups in total. The molecule has 0 radical (unpaired) electrons. The zero-order valence-electron chi connectivity index (χ0n) is 8.29. The van der Waals surface area contributed by atoms with Gasteiger partial charge in [-0.1, -0.05) is 0 Å². The summed E-state index contributed by atoms with van der Waals surface area (Å²) in [5.74, 6) is 2.37. The summed E-state index contributed by atoms with van der Waals surface area (Å²) in [4.78, 5) is 0. The predicted octanol–water partition coefficient (Wildman–Crippen LogP) is 1.15. The van der Waals surface area contributed by atoms with Crippen molar-refractivity contribution >= 4 is 0 Å². The second kappa shape index (κ2) is 2.48. The van der Waals surface area contributed by atoms with Gasteiger partial charge in [-0.2, -0.15) is 0 Å². The van der Waals surface area contributed by atoms with Crippen LogP contribution in [0, 0.1) is 17.8 Å². The Hall–Kier alpha value is -0.0800. The van der Waals surface area contributed by atoms with E-state index in [1.807, 2.05) is 0 Å². The molecule has 0 saturated heterocycles. The first-order valence-electron chi connectivity index (χ1n) is 5.60. The molecule has 4 bridgehead atoms. The minimum atomic E-state index is -0.260. The third kappa shape index (κ3) is 1.08. The number of hydrogen-bond acceptors (Lipinski definition) is 2. The molecule has 4 aliphatic rings. The van der Waals surface area contributed by atoms with Gasteiger partial charge in [-0.25, -0.2) is 0 Å². The van der Waals surface area contributed by atoms with E-state index in [9.17, 15) is 5.11 Å². The van der Waals surface area contributed by atoms with Crippen molar-refractivity contribution in [1.29, 1.82) is 0 Å². The molecule has 4 fully saturated rings. The van der Waals surface area contributed by atoms with Gasteiger partial charge in [-0.15, -0.1) is 0 Å². The van der Waals surface area contributed by atoms with Gasteiger partial charge in [0.1, 0.15) is 0 Å². The Balaban J connectivity index is 1.90. The second-order valence-electron chi connectivity index (χ2n) is 5.51. The van der Waals surface area contributed by atoms with E-state index in [1.165, 1.54) is 12.8 Å². The van der Waals surface area contributed by atoms with Crippen LogP contribution in [0.25, 0.3) is 0 Å². The number of rotatable bonds is 1. The fourth-order valence-electron chi connectivity index (χ4n) is 4.45. The quantitative estimate of drug-likeness (QED) is 0.636. The van der Waals surface area contributed by atoms with Crippen LogP contribution in [0.1, 0.15) is 32.1 Å². The number of aliphatic hydroxyl groups is 1. The molecular formula is C11H19NO. The van der Waals surface area contributed by atoms with E-state index in [0.29, 0.717) is 6.04 Å². The monoisotopic (exact) mass is 181 g/mol. The van der Waals surface area contributed by atoms with E-state index >= 15 is 0 Å². The van der Waals surface area contributed by atoms with Gasteiger partial charge in [-0.3, -0.25) is 0 Å². The van der Waals surface area contributed by atoms with Gasteiger partial charge in [0, 0.05) is 6.04 Å². The topological polar surface area (TPSA) is 32.3 Å². The molecule has 0 aromatic carbocycles. The molecule has 13 heavy (non-hydrogen) atoms. The molecule has 0 aromatic heterocycles. The molecule has 2 nitrogen and oxygen atoms in total. The molecule has 0 spiro atoms. The first-order chi connectivity index (χ1) is 6.20. The first-order valence-corrected chi connectivity index (χ1v) is 5.60. The van der Waals surface area contributed by atoms with Gasteiger partial charge in [0.15, 0.2) is 0 Å². The van der Waals surface area contributed by atoms with Crippen molar-refractivity contribution in [3.05, 3.63) is 0 Å². The van der Waals surface area contributed by atoms with E-state index in [2.05, 4.69) is 12.4 Å². The van der Waals surface area contributed by atoms with Crippen LogP contribution in [-0.2, 0) is 0 Å². The highest BCUT2D eigenvalue weighted by molar-refractivity contribution is 5.07. The van der Waals surface area contributed by atoms with Crippen LogP contribution in [0.4, 0.5) is 0 Å². The fraction of sp³-hybridized carbons (Fsp3) is 1.00. The van der Waals surface area contributed by atoms with Crippen LogP contribution in [-0.4, -0.2) is 23.8 Å². The molecular weight excluding hydrogens is 162 g/mol. The Morgan fingerprint density at radius 1 is 1.15 bits per heavy atom. The standard InChI is InChI=1S/C11H19NO/c1-12-10-8-2-7-3-9(10)6-11(13,4-7)5-8/h7-10,12-13H,2-6H2,1H3/t7?,8-,9+,10?,11?. The SMILES string of the molecule is CNC1[C@@H]2CC3C[C@H]1CC(O)(C3)C2. The van der Waals surface area contributed by atoms with Gasteiger partial charge in [0.25, 0.3) is 0 Å². The average Bonchev–Trinajstić information content (AvgIpc) is 2.00. The summed E-state index contributed by atoms with van der Waals surface area (Å²) >= 11 is 0. The van der Waals surface area contributed by atoms with Gasteiger partial charge < -0.3 is 10.4 Å². The molecule has 5 atom stereocenters. The molecule has 0 aliphatic heterocycles. The lowest BCUT2D eigenvalue weighted by molar-refractivity contribution is -0.137. The lowest BCUT2D eigenvalue weighted by Gasteiger charge is -2.58. The van der Waals surface area contributed by atoms with Crippen LogP contribution in [0.3, 0.4) is 0 Å². The maximum absolute atomic E-state index is 10.3. The van der Waals surface area contributed by atoms with Gasteiger partial charge in [-0.05, 0) is 56.9 Å². The molecule has 4 aliphatic carbocycles. The van der Waals surface area contributed by atoms with Crippen molar-refractivity contribution < 1.29 is 5.11 Å². The van der Waals surface area contributed by atoms with E-state index < -0.39 is 0 Å². The van der Waals surface area contributed by atoms with Crippen molar-refractivity contribution in [2.45, 2.75) is 43.7 Å². The maximum atomic E-state index is 10.3. The summed E-state index contributed by atoms with van der Waals surface area (Å²) in [6.45, 7) is 0. The average molecular weight is 181 g/mol. The lowest BCUT2D eigenvalue weighted by Crippen LogP contribution is -2.60. The summed E-state index contributed by atoms with van der Waals surface area (Å²) < 4.78 is 0. The molecule has 0 heterocycles. The number of hydrogen-bond donors (Lipinski definition) is 2. The van der Waals surface area contributed by atoms with Crippen molar-refractivity contribution in [1.82, 2.24) is 5.32 Å². The van der Waals surface area contributed by atoms with Crippen LogP contribution < -0.4 is 5.32 Å². The smallest absolute Gasteiger partial charge is 0.0657 e. The van der Waals surface area contributed by atoms with E-state index in [0.717, 1.165) is 37.0 Å². The van der Waals surface area contributed by atoms with Crippen molar-refractivity contribution in [2.24, 2.45) is 17.8 Å². The zero-order chi connectivity index (χ0) is 9.05. The zero-order valence-corrected chi connectivity index (χ0v) is 8.29. The van der Waals surface area contributed by atoms with Gasteiger partial charge >= 0.3 is 0 Å². The molecule has 74 valence electrons. The van der Waals surface area contributed by atoms with E-state index in [1.54, 1.807) is 0 Å². The summed E-state index contributed by atoms with van der Waals surface area (Å²) in [5.41, 5.74) is -0.260. The van der Waals surface area contributed by atoms with Crippen molar-refractivity contribution in [3.8, 4) is 0 Å². The predicted molar refractivity (Wildman–Crippen MR) is 51.4 cm³/mol. The second-order valence-corrected chi connectivity index (χ2v) is 5.51. The maximum Gasteiger partial charge on any atom is 0.0657 e. The van der Waals surface area contributed by atoms with Crippen LogP contribution >= 0.6 is 0 Å². The molecule has 2 heteroatoms. The van der Waals surface area contributed by atoms with E-state index in [-0.39, 0.29) is 5.60 Å². The summed E-state index contributed by atoms with van der Waals surface area (Å²) in [6.07, 6.45) is 5.95. The van der Waals surface area contributed by atoms with Crippen LogP contribution in [0.15, 0.2) is 0 Å². The van der Waals surface area contributed by atoms with Crippen LogP contribution in [0.5, 0.6) is 0 Å². The largest absolute Gasteiger partial charge is 0.390 e. The Labute approximate surface area is 79.7 Å². The highest BCUT2D eigenvalue weighted by Gasteiger charge is 2.54. The van der Waals surface area contributed by atoms with Crippen molar-refractivity contribution in [2.75, 3.05) is 7.05 Å².